The number of nitrogens with one attached hydrogen (secondary N) is 1. The van der Waals surface area contributed by atoms with Crippen LogP contribution < -0.4 is 9.46 Å². The molecule has 6 heteroatoms. The van der Waals surface area contributed by atoms with E-state index in [9.17, 15) is 8.42 Å². The fourth-order valence-corrected chi connectivity index (χ4v) is 3.39. The number of nitrogens with zero attached hydrogens (tertiary/aromatic N) is 1. The fraction of sp³-hybridized carbons (Fsp3) is 0.200. The highest BCUT2D eigenvalue weighted by Crippen LogP contribution is 2.23. The first-order valence-electron chi connectivity index (χ1n) is 6.70. The number of ether oxygens (including phenoxy) is 1. The molecule has 1 fully saturated rings. The molecule has 0 unspecified atom stereocenters. The van der Waals surface area contributed by atoms with Crippen molar-refractivity contribution < 1.29 is 13.2 Å². The summed E-state index contributed by atoms with van der Waals surface area (Å²) in [5.74, 6) is 1.45. The molecule has 0 aliphatic carbocycles. The first-order valence-corrected chi connectivity index (χ1v) is 8.14. The van der Waals surface area contributed by atoms with Gasteiger partial charge in [-0.2, -0.15) is 12.7 Å². The summed E-state index contributed by atoms with van der Waals surface area (Å²) in [6.45, 7) is 1.30. The second-order valence-electron chi connectivity index (χ2n) is 4.80. The van der Waals surface area contributed by atoms with Gasteiger partial charge >= 0.3 is 0 Å². The molecule has 1 aliphatic rings. The predicted octanol–water partition coefficient (Wildman–Crippen LogP) is 2.13. The lowest BCUT2D eigenvalue weighted by Gasteiger charge is -2.14. The molecule has 0 radical (unpaired) electrons. The summed E-state index contributed by atoms with van der Waals surface area (Å²) in [5.41, 5.74) is 0.899. The first-order chi connectivity index (χ1) is 10.1. The Hall–Kier alpha value is -1.89. The quantitative estimate of drug-likeness (QED) is 0.941. The molecule has 3 rings (SSSR count). The van der Waals surface area contributed by atoms with Gasteiger partial charge in [-0.1, -0.05) is 30.3 Å². The van der Waals surface area contributed by atoms with Gasteiger partial charge in [0, 0.05) is 19.6 Å². The normalized spacial score (nSPS) is 17.7. The van der Waals surface area contributed by atoms with Gasteiger partial charge in [-0.25, -0.2) is 4.72 Å². The Morgan fingerprint density at radius 2 is 1.81 bits per heavy atom. The van der Waals surface area contributed by atoms with Gasteiger partial charge in [0.15, 0.2) is 0 Å². The van der Waals surface area contributed by atoms with Crippen molar-refractivity contribution in [1.82, 2.24) is 9.03 Å². The Labute approximate surface area is 124 Å². The summed E-state index contributed by atoms with van der Waals surface area (Å²) in [5, 5.41) is 0. The lowest BCUT2D eigenvalue weighted by molar-refractivity contribution is 0.442. The fourth-order valence-electron chi connectivity index (χ4n) is 2.21. The van der Waals surface area contributed by atoms with Gasteiger partial charge in [-0.3, -0.25) is 0 Å². The maximum atomic E-state index is 11.7. The van der Waals surface area contributed by atoms with Gasteiger partial charge in [-0.05, 0) is 29.8 Å². The first kappa shape index (κ1) is 14.1. The zero-order valence-corrected chi connectivity index (χ0v) is 12.2. The van der Waals surface area contributed by atoms with Crippen LogP contribution in [0.4, 0.5) is 0 Å². The summed E-state index contributed by atoms with van der Waals surface area (Å²) in [6.07, 6.45) is 0. The Kier molecular flexibility index (Phi) is 3.92. The number of hydrogen-bond donors (Lipinski definition) is 1. The highest BCUT2D eigenvalue weighted by molar-refractivity contribution is 7.87. The zero-order chi connectivity index (χ0) is 14.7. The molecule has 1 N–H and O–H groups in total. The number of para-hydroxylation sites is 1. The largest absolute Gasteiger partial charge is 0.457 e. The number of hydrogen-bond acceptors (Lipinski definition) is 3. The minimum Gasteiger partial charge on any atom is -0.457 e. The molecule has 2 aromatic carbocycles. The summed E-state index contributed by atoms with van der Waals surface area (Å²) < 4.78 is 33.1. The van der Waals surface area contributed by atoms with E-state index >= 15 is 0 Å². The van der Waals surface area contributed by atoms with Gasteiger partial charge < -0.3 is 4.74 Å². The van der Waals surface area contributed by atoms with E-state index in [1.54, 1.807) is 0 Å². The highest BCUT2D eigenvalue weighted by atomic mass is 32.2. The van der Waals surface area contributed by atoms with Gasteiger partial charge in [0.05, 0.1) is 0 Å². The van der Waals surface area contributed by atoms with E-state index in [-0.39, 0.29) is 0 Å². The molecule has 0 aromatic heterocycles. The Balaban J connectivity index is 1.74. The maximum absolute atomic E-state index is 11.7. The third kappa shape index (κ3) is 3.41. The van der Waals surface area contributed by atoms with Crippen LogP contribution in [0, 0.1) is 0 Å². The van der Waals surface area contributed by atoms with Gasteiger partial charge in [-0.15, -0.1) is 0 Å². The third-order valence-corrected chi connectivity index (χ3v) is 4.78. The Morgan fingerprint density at radius 1 is 1.05 bits per heavy atom. The summed E-state index contributed by atoms with van der Waals surface area (Å²) in [6, 6.07) is 17.0. The predicted molar refractivity (Wildman–Crippen MR) is 80.3 cm³/mol. The lowest BCUT2D eigenvalue weighted by atomic mass is 10.2. The van der Waals surface area contributed by atoms with Crippen molar-refractivity contribution in [3.05, 3.63) is 60.2 Å². The average Bonchev–Trinajstić information content (AvgIpc) is 2.79. The van der Waals surface area contributed by atoms with E-state index in [1.807, 2.05) is 54.6 Å². The van der Waals surface area contributed by atoms with E-state index in [2.05, 4.69) is 4.72 Å². The van der Waals surface area contributed by atoms with Crippen LogP contribution in [0.1, 0.15) is 5.56 Å². The zero-order valence-electron chi connectivity index (χ0n) is 11.4. The standard InChI is InChI=1S/C15H16N2O3S/c18-21(19)16-9-10-17(21)12-13-5-4-8-15(11-13)20-14-6-2-1-3-7-14/h1-8,11,16H,9-10,12H2. The monoisotopic (exact) mass is 304 g/mol. The van der Waals surface area contributed by atoms with Gasteiger partial charge in [0.2, 0.25) is 0 Å². The average molecular weight is 304 g/mol. The van der Waals surface area contributed by atoms with E-state index in [0.29, 0.717) is 25.4 Å². The Morgan fingerprint density at radius 3 is 2.52 bits per heavy atom. The molecule has 1 saturated heterocycles. The third-order valence-electron chi connectivity index (χ3n) is 3.22. The summed E-state index contributed by atoms with van der Waals surface area (Å²) in [4.78, 5) is 0. The van der Waals surface area contributed by atoms with Crippen LogP contribution in [0.25, 0.3) is 0 Å². The van der Waals surface area contributed by atoms with Crippen molar-refractivity contribution in [2.75, 3.05) is 13.1 Å². The molecular formula is C15H16N2O3S. The Bertz CT molecular complexity index is 717. The molecule has 0 amide bonds. The van der Waals surface area contributed by atoms with Crippen molar-refractivity contribution >= 4 is 10.2 Å². The number of benzene rings is 2. The maximum Gasteiger partial charge on any atom is 0.279 e. The van der Waals surface area contributed by atoms with Crippen LogP contribution in [0.2, 0.25) is 0 Å². The molecular weight excluding hydrogens is 288 g/mol. The van der Waals surface area contributed by atoms with Crippen molar-refractivity contribution in [2.45, 2.75) is 6.54 Å². The lowest BCUT2D eigenvalue weighted by Crippen LogP contribution is -2.29. The highest BCUT2D eigenvalue weighted by Gasteiger charge is 2.27. The molecule has 5 nitrogen and oxygen atoms in total. The topological polar surface area (TPSA) is 58.6 Å². The van der Waals surface area contributed by atoms with Crippen LogP contribution in [0.5, 0.6) is 11.5 Å². The van der Waals surface area contributed by atoms with Crippen molar-refractivity contribution in [2.24, 2.45) is 0 Å². The molecule has 110 valence electrons. The second kappa shape index (κ2) is 5.85. The van der Waals surface area contributed by atoms with Crippen LogP contribution in [0.15, 0.2) is 54.6 Å². The number of rotatable bonds is 4. The molecule has 0 saturated carbocycles. The molecule has 1 heterocycles. The van der Waals surface area contributed by atoms with Crippen molar-refractivity contribution in [1.29, 1.82) is 0 Å². The van der Waals surface area contributed by atoms with Crippen molar-refractivity contribution in [3.8, 4) is 11.5 Å². The van der Waals surface area contributed by atoms with E-state index in [1.165, 1.54) is 4.31 Å². The van der Waals surface area contributed by atoms with E-state index in [4.69, 9.17) is 4.74 Å². The van der Waals surface area contributed by atoms with Crippen molar-refractivity contribution in [3.63, 3.8) is 0 Å². The second-order valence-corrected chi connectivity index (χ2v) is 6.55. The summed E-state index contributed by atoms with van der Waals surface area (Å²) in [7, 11) is -3.31. The smallest absolute Gasteiger partial charge is 0.279 e. The minimum atomic E-state index is -3.31. The minimum absolute atomic E-state index is 0.349. The molecule has 0 bridgehead atoms. The molecule has 21 heavy (non-hydrogen) atoms. The van der Waals surface area contributed by atoms with Gasteiger partial charge in [0.25, 0.3) is 10.2 Å². The van der Waals surface area contributed by atoms with Crippen LogP contribution in [0.3, 0.4) is 0 Å². The van der Waals surface area contributed by atoms with Crippen LogP contribution >= 0.6 is 0 Å². The molecule has 0 atom stereocenters. The van der Waals surface area contributed by atoms with Crippen LogP contribution in [-0.2, 0) is 16.8 Å². The van der Waals surface area contributed by atoms with E-state index in [0.717, 1.165) is 11.3 Å². The van der Waals surface area contributed by atoms with Gasteiger partial charge in [0.1, 0.15) is 11.5 Å². The molecule has 1 aliphatic heterocycles. The molecule has 0 spiro atoms. The van der Waals surface area contributed by atoms with E-state index < -0.39 is 10.2 Å². The summed E-state index contributed by atoms with van der Waals surface area (Å²) >= 11 is 0. The SMILES string of the molecule is O=S1(=O)NCCN1Cc1cccc(Oc2ccccc2)c1. The molecule has 2 aromatic rings. The van der Waals surface area contributed by atoms with Crippen LogP contribution in [-0.4, -0.2) is 25.8 Å².